The van der Waals surface area contributed by atoms with E-state index in [0.717, 1.165) is 0 Å². The zero-order valence-corrected chi connectivity index (χ0v) is 12.9. The van der Waals surface area contributed by atoms with Gasteiger partial charge in [-0.2, -0.15) is 0 Å². The van der Waals surface area contributed by atoms with Crippen LogP contribution in [-0.4, -0.2) is 0 Å². The molecule has 0 radical (unpaired) electrons. The largest absolute Gasteiger partial charge is 0.220 e. The van der Waals surface area contributed by atoms with E-state index in [4.69, 9.17) is 0 Å². The standard InChI is InChI=1S/C21H18N/c1-15-13-17-8-3-4-9-18(17)14-20(15)21-19-10-6-5-7-16(19)11-12-22(21)2/h3-14H,1-2H3/q+1. The van der Waals surface area contributed by atoms with Crippen LogP contribution < -0.4 is 4.57 Å². The van der Waals surface area contributed by atoms with Gasteiger partial charge in [0, 0.05) is 6.07 Å². The molecule has 4 rings (SSSR count). The van der Waals surface area contributed by atoms with Crippen molar-refractivity contribution in [2.45, 2.75) is 6.92 Å². The summed E-state index contributed by atoms with van der Waals surface area (Å²) in [4.78, 5) is 0. The summed E-state index contributed by atoms with van der Waals surface area (Å²) in [6, 6.07) is 23.9. The van der Waals surface area contributed by atoms with Crippen molar-refractivity contribution in [1.82, 2.24) is 0 Å². The lowest BCUT2D eigenvalue weighted by molar-refractivity contribution is -0.659. The lowest BCUT2D eigenvalue weighted by Crippen LogP contribution is -2.30. The molecule has 1 heteroatoms. The number of benzene rings is 3. The maximum atomic E-state index is 2.31. The molecule has 0 saturated heterocycles. The van der Waals surface area contributed by atoms with Gasteiger partial charge >= 0.3 is 0 Å². The van der Waals surface area contributed by atoms with E-state index in [1.54, 1.807) is 0 Å². The average molecular weight is 284 g/mol. The lowest BCUT2D eigenvalue weighted by Gasteiger charge is -2.09. The average Bonchev–Trinajstić information content (AvgIpc) is 2.54. The van der Waals surface area contributed by atoms with Gasteiger partial charge in [-0.05, 0) is 40.8 Å². The van der Waals surface area contributed by atoms with Crippen molar-refractivity contribution < 1.29 is 4.57 Å². The first-order valence-electron chi connectivity index (χ1n) is 7.61. The Kier molecular flexibility index (Phi) is 2.93. The fourth-order valence-corrected chi connectivity index (χ4v) is 3.26. The number of pyridine rings is 1. The summed E-state index contributed by atoms with van der Waals surface area (Å²) in [5.74, 6) is 0. The van der Waals surface area contributed by atoms with Crippen molar-refractivity contribution >= 4 is 21.5 Å². The van der Waals surface area contributed by atoms with E-state index < -0.39 is 0 Å². The molecule has 0 atom stereocenters. The van der Waals surface area contributed by atoms with Gasteiger partial charge in [0.2, 0.25) is 5.69 Å². The second-order valence-corrected chi connectivity index (χ2v) is 5.88. The van der Waals surface area contributed by atoms with Gasteiger partial charge in [-0.25, -0.2) is 4.57 Å². The first kappa shape index (κ1) is 13.0. The molecule has 0 fully saturated rings. The smallest absolute Gasteiger partial charge is 0.200 e. The first-order valence-corrected chi connectivity index (χ1v) is 7.61. The molecule has 0 aliphatic rings. The molecule has 0 N–H and O–H groups in total. The van der Waals surface area contributed by atoms with E-state index >= 15 is 0 Å². The molecular weight excluding hydrogens is 266 g/mol. The Morgan fingerprint density at radius 2 is 1.36 bits per heavy atom. The Balaban J connectivity index is 2.11. The zero-order chi connectivity index (χ0) is 15.1. The van der Waals surface area contributed by atoms with Gasteiger partial charge in [-0.1, -0.05) is 48.5 Å². The number of fused-ring (bicyclic) bond motifs is 2. The number of hydrogen-bond donors (Lipinski definition) is 0. The predicted molar refractivity (Wildman–Crippen MR) is 92.8 cm³/mol. The van der Waals surface area contributed by atoms with E-state index in [9.17, 15) is 0 Å². The Morgan fingerprint density at radius 1 is 0.727 bits per heavy atom. The fourth-order valence-electron chi connectivity index (χ4n) is 3.26. The highest BCUT2D eigenvalue weighted by atomic mass is 14.9. The Hall–Kier alpha value is -2.67. The lowest BCUT2D eigenvalue weighted by atomic mass is 9.96. The van der Waals surface area contributed by atoms with Crippen LogP contribution in [-0.2, 0) is 7.05 Å². The molecule has 0 spiro atoms. The highest BCUT2D eigenvalue weighted by molar-refractivity contribution is 5.96. The number of nitrogens with zero attached hydrogens (tertiary/aromatic N) is 1. The summed E-state index contributed by atoms with van der Waals surface area (Å²) in [6.07, 6.45) is 2.15. The SMILES string of the molecule is Cc1cc2ccccc2cc1-c1c2ccccc2cc[n+]1C. The molecular formula is C21H18N+. The monoisotopic (exact) mass is 284 g/mol. The zero-order valence-electron chi connectivity index (χ0n) is 12.9. The summed E-state index contributed by atoms with van der Waals surface area (Å²) >= 11 is 0. The molecule has 4 aromatic rings. The van der Waals surface area contributed by atoms with E-state index in [1.165, 1.54) is 38.4 Å². The summed E-state index contributed by atoms with van der Waals surface area (Å²) < 4.78 is 2.22. The molecule has 0 aliphatic carbocycles. The van der Waals surface area contributed by atoms with Crippen LogP contribution in [0.4, 0.5) is 0 Å². The molecule has 0 amide bonds. The van der Waals surface area contributed by atoms with Crippen LogP contribution in [0.2, 0.25) is 0 Å². The molecule has 106 valence electrons. The highest BCUT2D eigenvalue weighted by Crippen LogP contribution is 2.30. The maximum absolute atomic E-state index is 2.31. The fraction of sp³-hybridized carbons (Fsp3) is 0.0952. The van der Waals surface area contributed by atoms with Crippen LogP contribution in [0.5, 0.6) is 0 Å². The second kappa shape index (κ2) is 4.96. The van der Waals surface area contributed by atoms with E-state index in [2.05, 4.69) is 91.5 Å². The topological polar surface area (TPSA) is 3.88 Å². The van der Waals surface area contributed by atoms with Crippen molar-refractivity contribution in [2.75, 3.05) is 0 Å². The van der Waals surface area contributed by atoms with Gasteiger partial charge in [0.05, 0.1) is 10.9 Å². The molecule has 3 aromatic carbocycles. The van der Waals surface area contributed by atoms with Crippen molar-refractivity contribution in [3.05, 3.63) is 78.5 Å². The van der Waals surface area contributed by atoms with Crippen molar-refractivity contribution in [3.8, 4) is 11.3 Å². The van der Waals surface area contributed by atoms with Crippen LogP contribution in [0.25, 0.3) is 32.8 Å². The quantitative estimate of drug-likeness (QED) is 0.442. The number of aryl methyl sites for hydroxylation is 2. The summed E-state index contributed by atoms with van der Waals surface area (Å²) in [5.41, 5.74) is 3.89. The minimum atomic E-state index is 1.28. The van der Waals surface area contributed by atoms with Gasteiger partial charge in [0.1, 0.15) is 7.05 Å². The summed E-state index contributed by atoms with van der Waals surface area (Å²) in [5, 5.41) is 5.16. The van der Waals surface area contributed by atoms with Crippen LogP contribution in [0.1, 0.15) is 5.56 Å². The van der Waals surface area contributed by atoms with Crippen molar-refractivity contribution in [1.29, 1.82) is 0 Å². The third-order valence-electron chi connectivity index (χ3n) is 4.39. The van der Waals surface area contributed by atoms with Crippen LogP contribution >= 0.6 is 0 Å². The van der Waals surface area contributed by atoms with Gasteiger partial charge in [0.25, 0.3) is 0 Å². The minimum absolute atomic E-state index is 1.28. The first-order chi connectivity index (χ1) is 10.7. The van der Waals surface area contributed by atoms with E-state index in [-0.39, 0.29) is 0 Å². The third kappa shape index (κ3) is 1.98. The predicted octanol–water partition coefficient (Wildman–Crippen LogP) is 4.79. The normalized spacial score (nSPS) is 11.2. The maximum Gasteiger partial charge on any atom is 0.220 e. The summed E-state index contributed by atoms with van der Waals surface area (Å²) in [7, 11) is 2.12. The molecule has 1 nitrogen and oxygen atoms in total. The molecule has 0 bridgehead atoms. The van der Waals surface area contributed by atoms with Gasteiger partial charge < -0.3 is 0 Å². The Labute approximate surface area is 130 Å². The van der Waals surface area contributed by atoms with Gasteiger partial charge in [0.15, 0.2) is 6.20 Å². The molecule has 0 unspecified atom stereocenters. The second-order valence-electron chi connectivity index (χ2n) is 5.88. The molecule has 1 heterocycles. The minimum Gasteiger partial charge on any atom is -0.200 e. The molecule has 0 aliphatic heterocycles. The molecule has 22 heavy (non-hydrogen) atoms. The van der Waals surface area contributed by atoms with Crippen LogP contribution in [0.3, 0.4) is 0 Å². The van der Waals surface area contributed by atoms with E-state index in [1.807, 2.05) is 0 Å². The van der Waals surface area contributed by atoms with Crippen molar-refractivity contribution in [2.24, 2.45) is 7.05 Å². The molecule has 1 aromatic heterocycles. The van der Waals surface area contributed by atoms with Crippen LogP contribution in [0, 0.1) is 6.92 Å². The highest BCUT2D eigenvalue weighted by Gasteiger charge is 2.17. The Morgan fingerprint density at radius 3 is 2.14 bits per heavy atom. The number of aromatic nitrogens is 1. The van der Waals surface area contributed by atoms with Crippen molar-refractivity contribution in [3.63, 3.8) is 0 Å². The van der Waals surface area contributed by atoms with Crippen LogP contribution in [0.15, 0.2) is 72.9 Å². The van der Waals surface area contributed by atoms with Gasteiger partial charge in [-0.15, -0.1) is 0 Å². The van der Waals surface area contributed by atoms with Gasteiger partial charge in [-0.3, -0.25) is 0 Å². The Bertz CT molecular complexity index is 999. The summed E-state index contributed by atoms with van der Waals surface area (Å²) in [6.45, 7) is 2.20. The number of rotatable bonds is 1. The number of hydrogen-bond acceptors (Lipinski definition) is 0. The van der Waals surface area contributed by atoms with E-state index in [0.29, 0.717) is 0 Å². The molecule has 0 saturated carbocycles. The third-order valence-corrected chi connectivity index (χ3v) is 4.39.